The highest BCUT2D eigenvalue weighted by molar-refractivity contribution is 7.98. The molecule has 0 aliphatic heterocycles. The number of nitrogens with zero attached hydrogens (tertiary/aromatic N) is 1. The van der Waals surface area contributed by atoms with Crippen molar-refractivity contribution in [2.24, 2.45) is 5.73 Å². The molecule has 0 unspecified atom stereocenters. The molecule has 0 aromatic heterocycles. The molecular weight excluding hydrogens is 184 g/mol. The fourth-order valence-electron chi connectivity index (χ4n) is 1.14. The van der Waals surface area contributed by atoms with Crippen molar-refractivity contribution >= 4 is 17.7 Å². The van der Waals surface area contributed by atoms with Gasteiger partial charge in [0.05, 0.1) is 6.04 Å². The number of amides is 1. The summed E-state index contributed by atoms with van der Waals surface area (Å²) in [6.07, 6.45) is 2.80. The summed E-state index contributed by atoms with van der Waals surface area (Å²) in [6.45, 7) is 5.45. The summed E-state index contributed by atoms with van der Waals surface area (Å²) in [5.41, 5.74) is 5.75. The lowest BCUT2D eigenvalue weighted by molar-refractivity contribution is -0.132. The number of nitrogens with two attached hydrogens (primary N) is 1. The minimum absolute atomic E-state index is 0.0825. The molecule has 1 amide bonds. The van der Waals surface area contributed by atoms with Crippen molar-refractivity contribution in [3.05, 3.63) is 0 Å². The Kier molecular flexibility index (Phi) is 7.09. The van der Waals surface area contributed by atoms with Crippen LogP contribution in [0.15, 0.2) is 0 Å². The SMILES string of the molecule is CCN(CC)C(=O)[C@H](N)CCSC. The molecule has 0 bridgehead atoms. The lowest BCUT2D eigenvalue weighted by Crippen LogP contribution is -2.43. The second-order valence-corrected chi connectivity index (χ2v) is 3.88. The van der Waals surface area contributed by atoms with Crippen molar-refractivity contribution in [2.75, 3.05) is 25.1 Å². The lowest BCUT2D eigenvalue weighted by Gasteiger charge is -2.22. The summed E-state index contributed by atoms with van der Waals surface area (Å²) in [4.78, 5) is 13.4. The van der Waals surface area contributed by atoms with Crippen LogP contribution in [0, 0.1) is 0 Å². The quantitative estimate of drug-likeness (QED) is 0.700. The van der Waals surface area contributed by atoms with E-state index in [-0.39, 0.29) is 11.9 Å². The van der Waals surface area contributed by atoms with Crippen LogP contribution < -0.4 is 5.73 Å². The van der Waals surface area contributed by atoms with Gasteiger partial charge in [0, 0.05) is 13.1 Å². The van der Waals surface area contributed by atoms with Gasteiger partial charge < -0.3 is 10.6 Å². The van der Waals surface area contributed by atoms with Crippen LogP contribution in [-0.2, 0) is 4.79 Å². The van der Waals surface area contributed by atoms with Crippen molar-refractivity contribution in [1.82, 2.24) is 4.90 Å². The van der Waals surface area contributed by atoms with Crippen molar-refractivity contribution in [3.63, 3.8) is 0 Å². The molecule has 0 spiro atoms. The summed E-state index contributed by atoms with van der Waals surface area (Å²) < 4.78 is 0. The molecule has 0 aliphatic rings. The van der Waals surface area contributed by atoms with Crippen LogP contribution >= 0.6 is 11.8 Å². The molecule has 2 N–H and O–H groups in total. The molecule has 4 heteroatoms. The van der Waals surface area contributed by atoms with Crippen LogP contribution in [0.4, 0.5) is 0 Å². The van der Waals surface area contributed by atoms with Gasteiger partial charge in [-0.1, -0.05) is 0 Å². The highest BCUT2D eigenvalue weighted by atomic mass is 32.2. The van der Waals surface area contributed by atoms with Gasteiger partial charge in [0.1, 0.15) is 0 Å². The standard InChI is InChI=1S/C9H20N2OS/c1-4-11(5-2)9(12)8(10)6-7-13-3/h8H,4-7,10H2,1-3H3/t8-/m1/s1. The first-order chi connectivity index (χ1) is 6.17. The predicted molar refractivity (Wildman–Crippen MR) is 58.9 cm³/mol. The average Bonchev–Trinajstić information content (AvgIpc) is 2.15. The van der Waals surface area contributed by atoms with Gasteiger partial charge in [0.25, 0.3) is 0 Å². The molecular formula is C9H20N2OS. The van der Waals surface area contributed by atoms with Gasteiger partial charge >= 0.3 is 0 Å². The zero-order valence-corrected chi connectivity index (χ0v) is 9.56. The summed E-state index contributed by atoms with van der Waals surface area (Å²) in [7, 11) is 0. The molecule has 1 atom stereocenters. The Balaban J connectivity index is 3.92. The Morgan fingerprint density at radius 2 is 2.00 bits per heavy atom. The van der Waals surface area contributed by atoms with E-state index in [2.05, 4.69) is 0 Å². The number of hydrogen-bond donors (Lipinski definition) is 1. The zero-order valence-electron chi connectivity index (χ0n) is 8.75. The molecule has 0 fully saturated rings. The summed E-state index contributed by atoms with van der Waals surface area (Å²) in [5.74, 6) is 1.04. The zero-order chi connectivity index (χ0) is 10.3. The van der Waals surface area contributed by atoms with Crippen LogP contribution in [-0.4, -0.2) is 41.9 Å². The van der Waals surface area contributed by atoms with E-state index in [0.29, 0.717) is 0 Å². The van der Waals surface area contributed by atoms with Gasteiger partial charge in [0.15, 0.2) is 0 Å². The Hall–Kier alpha value is -0.220. The van der Waals surface area contributed by atoms with Gasteiger partial charge in [-0.25, -0.2) is 0 Å². The molecule has 0 saturated carbocycles. The van der Waals surface area contributed by atoms with Crippen LogP contribution in [0.2, 0.25) is 0 Å². The van der Waals surface area contributed by atoms with Crippen LogP contribution in [0.25, 0.3) is 0 Å². The van der Waals surface area contributed by atoms with E-state index in [1.165, 1.54) is 0 Å². The van der Waals surface area contributed by atoms with Gasteiger partial charge in [-0.2, -0.15) is 11.8 Å². The molecule has 0 heterocycles. The maximum absolute atomic E-state index is 11.6. The second kappa shape index (κ2) is 7.21. The van der Waals surface area contributed by atoms with Gasteiger partial charge in [-0.05, 0) is 32.3 Å². The molecule has 0 aromatic rings. The third-order valence-electron chi connectivity index (χ3n) is 2.03. The van der Waals surface area contributed by atoms with Crippen LogP contribution in [0.1, 0.15) is 20.3 Å². The van der Waals surface area contributed by atoms with E-state index in [1.54, 1.807) is 16.7 Å². The normalized spacial score (nSPS) is 12.6. The third kappa shape index (κ3) is 4.52. The van der Waals surface area contributed by atoms with Gasteiger partial charge in [-0.3, -0.25) is 4.79 Å². The minimum atomic E-state index is -0.313. The van der Waals surface area contributed by atoms with Crippen molar-refractivity contribution < 1.29 is 4.79 Å². The van der Waals surface area contributed by atoms with Crippen LogP contribution in [0.5, 0.6) is 0 Å². The van der Waals surface area contributed by atoms with E-state index in [1.807, 2.05) is 20.1 Å². The smallest absolute Gasteiger partial charge is 0.239 e. The number of carbonyl (C=O) groups is 1. The fourth-order valence-corrected chi connectivity index (χ4v) is 1.63. The lowest BCUT2D eigenvalue weighted by atomic mass is 10.2. The average molecular weight is 204 g/mol. The first-order valence-electron chi connectivity index (χ1n) is 4.70. The topological polar surface area (TPSA) is 46.3 Å². The Labute approximate surface area is 85.0 Å². The van der Waals surface area contributed by atoms with Crippen LogP contribution in [0.3, 0.4) is 0 Å². The molecule has 13 heavy (non-hydrogen) atoms. The number of hydrogen-bond acceptors (Lipinski definition) is 3. The first-order valence-corrected chi connectivity index (χ1v) is 6.10. The highest BCUT2D eigenvalue weighted by Gasteiger charge is 2.17. The summed E-state index contributed by atoms with van der Waals surface area (Å²) in [6, 6.07) is -0.313. The molecule has 0 aliphatic carbocycles. The monoisotopic (exact) mass is 204 g/mol. The number of rotatable bonds is 6. The molecule has 0 radical (unpaired) electrons. The van der Waals surface area contributed by atoms with Gasteiger partial charge in [-0.15, -0.1) is 0 Å². The number of thioether (sulfide) groups is 1. The molecule has 3 nitrogen and oxygen atoms in total. The summed E-state index contributed by atoms with van der Waals surface area (Å²) >= 11 is 1.72. The van der Waals surface area contributed by atoms with Gasteiger partial charge in [0.2, 0.25) is 5.91 Å². The largest absolute Gasteiger partial charge is 0.342 e. The fraction of sp³-hybridized carbons (Fsp3) is 0.889. The third-order valence-corrected chi connectivity index (χ3v) is 2.67. The second-order valence-electron chi connectivity index (χ2n) is 2.90. The minimum Gasteiger partial charge on any atom is -0.342 e. The van der Waals surface area contributed by atoms with E-state index in [0.717, 1.165) is 25.3 Å². The van der Waals surface area contributed by atoms with E-state index in [4.69, 9.17) is 5.73 Å². The van der Waals surface area contributed by atoms with E-state index < -0.39 is 0 Å². The van der Waals surface area contributed by atoms with E-state index >= 15 is 0 Å². The Morgan fingerprint density at radius 1 is 1.46 bits per heavy atom. The van der Waals surface area contributed by atoms with Crippen molar-refractivity contribution in [1.29, 1.82) is 0 Å². The van der Waals surface area contributed by atoms with Crippen molar-refractivity contribution in [2.45, 2.75) is 26.3 Å². The number of likely N-dealkylation sites (N-methyl/N-ethyl adjacent to an activating group) is 1. The molecule has 0 aromatic carbocycles. The highest BCUT2D eigenvalue weighted by Crippen LogP contribution is 2.02. The van der Waals surface area contributed by atoms with E-state index in [9.17, 15) is 4.79 Å². The number of carbonyl (C=O) groups excluding carboxylic acids is 1. The van der Waals surface area contributed by atoms with Crippen molar-refractivity contribution in [3.8, 4) is 0 Å². The maximum Gasteiger partial charge on any atom is 0.239 e. The Bertz CT molecular complexity index is 149. The molecule has 0 saturated heterocycles. The molecule has 78 valence electrons. The predicted octanol–water partition coefficient (Wildman–Crippen LogP) is 0.935. The summed E-state index contributed by atoms with van der Waals surface area (Å²) in [5, 5.41) is 0. The first kappa shape index (κ1) is 12.8. The maximum atomic E-state index is 11.6. The molecule has 0 rings (SSSR count). The Morgan fingerprint density at radius 3 is 2.38 bits per heavy atom.